The van der Waals surface area contributed by atoms with Crippen LogP contribution in [0, 0.1) is 13.8 Å². The van der Waals surface area contributed by atoms with Crippen LogP contribution in [0.3, 0.4) is 0 Å². The van der Waals surface area contributed by atoms with E-state index in [1.165, 1.54) is 6.92 Å². The average molecular weight is 263 g/mol. The van der Waals surface area contributed by atoms with Gasteiger partial charge in [0.2, 0.25) is 0 Å². The summed E-state index contributed by atoms with van der Waals surface area (Å²) in [4.78, 5) is 33.6. The number of Topliss-reactive ketones (excluding diaryl/α,β-unsaturated/α-hetero) is 1. The third-order valence-electron chi connectivity index (χ3n) is 2.60. The maximum atomic E-state index is 11.8. The maximum absolute atomic E-state index is 11.8. The molecule has 0 unspecified atom stereocenters. The normalized spacial score (nSPS) is 9.84. The van der Waals surface area contributed by atoms with Gasteiger partial charge in [-0.25, -0.2) is 0 Å². The van der Waals surface area contributed by atoms with Gasteiger partial charge in [-0.05, 0) is 44.0 Å². The number of benzene rings is 1. The van der Waals surface area contributed by atoms with Gasteiger partial charge in [-0.3, -0.25) is 14.4 Å². The Morgan fingerprint density at radius 3 is 2.42 bits per heavy atom. The van der Waals surface area contributed by atoms with Crippen LogP contribution in [0.15, 0.2) is 18.2 Å². The lowest BCUT2D eigenvalue weighted by molar-refractivity contribution is -0.146. The van der Waals surface area contributed by atoms with Crippen molar-refractivity contribution >= 4 is 17.7 Å². The standard InChI is InChI=1S/C14H17NO4/c1-9-4-5-12(6-10(9)2)14(18)15-7-13(17)19-8-11(3)16/h4-6H,7-8H2,1-3H3,(H,15,18). The molecule has 0 saturated carbocycles. The van der Waals surface area contributed by atoms with Crippen LogP contribution >= 0.6 is 0 Å². The zero-order valence-corrected chi connectivity index (χ0v) is 11.3. The highest BCUT2D eigenvalue weighted by Gasteiger charge is 2.10. The van der Waals surface area contributed by atoms with Crippen LogP contribution in [0.1, 0.15) is 28.4 Å². The van der Waals surface area contributed by atoms with Gasteiger partial charge in [0.15, 0.2) is 5.78 Å². The molecule has 0 aliphatic rings. The predicted octanol–water partition coefficient (Wildman–Crippen LogP) is 1.17. The van der Waals surface area contributed by atoms with Crippen LogP contribution in [0.4, 0.5) is 0 Å². The zero-order valence-electron chi connectivity index (χ0n) is 11.3. The van der Waals surface area contributed by atoms with E-state index in [1.54, 1.807) is 12.1 Å². The Labute approximate surface area is 111 Å². The summed E-state index contributed by atoms with van der Waals surface area (Å²) in [6.45, 7) is 4.67. The predicted molar refractivity (Wildman–Crippen MR) is 69.9 cm³/mol. The van der Waals surface area contributed by atoms with Gasteiger partial charge in [0.1, 0.15) is 13.2 Å². The van der Waals surface area contributed by atoms with Gasteiger partial charge in [-0.15, -0.1) is 0 Å². The number of esters is 1. The van der Waals surface area contributed by atoms with Crippen molar-refractivity contribution in [3.8, 4) is 0 Å². The van der Waals surface area contributed by atoms with Crippen LogP contribution in [-0.2, 0) is 14.3 Å². The van der Waals surface area contributed by atoms with Crippen molar-refractivity contribution in [2.45, 2.75) is 20.8 Å². The van der Waals surface area contributed by atoms with Crippen molar-refractivity contribution in [1.29, 1.82) is 0 Å². The first-order valence-electron chi connectivity index (χ1n) is 5.90. The summed E-state index contributed by atoms with van der Waals surface area (Å²) in [6, 6.07) is 5.29. The van der Waals surface area contributed by atoms with Gasteiger partial charge < -0.3 is 10.1 Å². The summed E-state index contributed by atoms with van der Waals surface area (Å²) in [5, 5.41) is 2.44. The molecule has 0 aliphatic carbocycles. The van der Waals surface area contributed by atoms with E-state index in [9.17, 15) is 14.4 Å². The third kappa shape index (κ3) is 4.91. The zero-order chi connectivity index (χ0) is 14.4. The smallest absolute Gasteiger partial charge is 0.325 e. The lowest BCUT2D eigenvalue weighted by Crippen LogP contribution is -2.31. The number of nitrogens with one attached hydrogen (secondary N) is 1. The fourth-order valence-corrected chi connectivity index (χ4v) is 1.37. The van der Waals surface area contributed by atoms with Gasteiger partial charge in [0.25, 0.3) is 5.91 Å². The Morgan fingerprint density at radius 1 is 1.16 bits per heavy atom. The molecule has 1 aromatic rings. The molecule has 0 radical (unpaired) electrons. The molecule has 1 rings (SSSR count). The number of ether oxygens (including phenoxy) is 1. The van der Waals surface area contributed by atoms with Crippen LogP contribution in [0.2, 0.25) is 0 Å². The van der Waals surface area contributed by atoms with Crippen LogP contribution < -0.4 is 5.32 Å². The molecule has 5 nitrogen and oxygen atoms in total. The first-order valence-corrected chi connectivity index (χ1v) is 5.90. The molecule has 102 valence electrons. The number of carbonyl (C=O) groups is 3. The molecule has 0 saturated heterocycles. The van der Waals surface area contributed by atoms with Crippen molar-refractivity contribution in [3.63, 3.8) is 0 Å². The first-order chi connectivity index (χ1) is 8.90. The molecular weight excluding hydrogens is 246 g/mol. The molecule has 0 atom stereocenters. The SMILES string of the molecule is CC(=O)COC(=O)CNC(=O)c1ccc(C)c(C)c1. The molecule has 0 fully saturated rings. The molecule has 5 heteroatoms. The van der Waals surface area contributed by atoms with Gasteiger partial charge >= 0.3 is 5.97 Å². The topological polar surface area (TPSA) is 72.5 Å². The molecule has 1 aromatic carbocycles. The van der Waals surface area contributed by atoms with Gasteiger partial charge in [0, 0.05) is 5.56 Å². The van der Waals surface area contributed by atoms with Crippen molar-refractivity contribution in [1.82, 2.24) is 5.32 Å². The minimum Gasteiger partial charge on any atom is -0.456 e. The third-order valence-corrected chi connectivity index (χ3v) is 2.60. The van der Waals surface area contributed by atoms with E-state index in [4.69, 9.17) is 0 Å². The van der Waals surface area contributed by atoms with E-state index >= 15 is 0 Å². The number of hydrogen-bond donors (Lipinski definition) is 1. The summed E-state index contributed by atoms with van der Waals surface area (Å²) < 4.78 is 4.63. The van der Waals surface area contributed by atoms with Crippen molar-refractivity contribution in [3.05, 3.63) is 34.9 Å². The highest BCUT2D eigenvalue weighted by Crippen LogP contribution is 2.09. The monoisotopic (exact) mass is 263 g/mol. The fraction of sp³-hybridized carbons (Fsp3) is 0.357. The number of ketones is 1. The second-order valence-corrected chi connectivity index (χ2v) is 4.34. The summed E-state index contributed by atoms with van der Waals surface area (Å²) >= 11 is 0. The quantitative estimate of drug-likeness (QED) is 0.809. The lowest BCUT2D eigenvalue weighted by Gasteiger charge is -2.07. The maximum Gasteiger partial charge on any atom is 0.325 e. The van der Waals surface area contributed by atoms with Crippen molar-refractivity contribution < 1.29 is 19.1 Å². The number of carbonyl (C=O) groups excluding carboxylic acids is 3. The van der Waals surface area contributed by atoms with E-state index in [-0.39, 0.29) is 24.8 Å². The van der Waals surface area contributed by atoms with E-state index in [0.29, 0.717) is 5.56 Å². The molecular formula is C14H17NO4. The van der Waals surface area contributed by atoms with E-state index in [2.05, 4.69) is 10.1 Å². The molecule has 1 amide bonds. The first kappa shape index (κ1) is 14.9. The summed E-state index contributed by atoms with van der Waals surface area (Å²) in [5.41, 5.74) is 2.59. The van der Waals surface area contributed by atoms with Crippen LogP contribution in [0.5, 0.6) is 0 Å². The Hall–Kier alpha value is -2.17. The Balaban J connectivity index is 2.49. The highest BCUT2D eigenvalue weighted by atomic mass is 16.5. The summed E-state index contributed by atoms with van der Waals surface area (Å²) in [7, 11) is 0. The average Bonchev–Trinajstić information content (AvgIpc) is 2.36. The van der Waals surface area contributed by atoms with E-state index < -0.39 is 5.97 Å². The number of hydrogen-bond acceptors (Lipinski definition) is 4. The number of amides is 1. The van der Waals surface area contributed by atoms with Crippen LogP contribution in [0.25, 0.3) is 0 Å². The van der Waals surface area contributed by atoms with E-state index in [0.717, 1.165) is 11.1 Å². The summed E-state index contributed by atoms with van der Waals surface area (Å²) in [6.07, 6.45) is 0. The lowest BCUT2D eigenvalue weighted by atomic mass is 10.1. The number of rotatable bonds is 5. The van der Waals surface area contributed by atoms with E-state index in [1.807, 2.05) is 19.9 Å². The van der Waals surface area contributed by atoms with Crippen molar-refractivity contribution in [2.24, 2.45) is 0 Å². The summed E-state index contributed by atoms with van der Waals surface area (Å²) in [5.74, 6) is -1.22. The molecule has 0 heterocycles. The largest absolute Gasteiger partial charge is 0.456 e. The highest BCUT2D eigenvalue weighted by molar-refractivity contribution is 5.96. The molecule has 0 spiro atoms. The van der Waals surface area contributed by atoms with Gasteiger partial charge in [-0.1, -0.05) is 6.07 Å². The molecule has 0 bridgehead atoms. The molecule has 0 aliphatic heterocycles. The number of aryl methyl sites for hydroxylation is 2. The Bertz CT molecular complexity index is 508. The Morgan fingerprint density at radius 2 is 1.84 bits per heavy atom. The van der Waals surface area contributed by atoms with Crippen molar-refractivity contribution in [2.75, 3.05) is 13.2 Å². The molecule has 19 heavy (non-hydrogen) atoms. The van der Waals surface area contributed by atoms with Crippen LogP contribution in [-0.4, -0.2) is 30.8 Å². The second kappa shape index (κ2) is 6.68. The van der Waals surface area contributed by atoms with Gasteiger partial charge in [-0.2, -0.15) is 0 Å². The molecule has 1 N–H and O–H groups in total. The Kier molecular flexibility index (Phi) is 5.23. The minimum absolute atomic E-state index is 0.242. The minimum atomic E-state index is -0.632. The second-order valence-electron chi connectivity index (χ2n) is 4.34. The fourth-order valence-electron chi connectivity index (χ4n) is 1.37. The molecule has 0 aromatic heterocycles. The van der Waals surface area contributed by atoms with Gasteiger partial charge in [0.05, 0.1) is 0 Å².